The zero-order valence-electron chi connectivity index (χ0n) is 13.6. The molecule has 0 fully saturated rings. The molecular weight excluding hydrogens is 304 g/mol. The Kier molecular flexibility index (Phi) is 4.61. The lowest BCUT2D eigenvalue weighted by molar-refractivity contribution is 0.101. The molecule has 1 heterocycles. The molecule has 0 atom stereocenters. The van der Waals surface area contributed by atoms with Gasteiger partial charge >= 0.3 is 0 Å². The van der Waals surface area contributed by atoms with Crippen molar-refractivity contribution >= 4 is 11.6 Å². The lowest BCUT2D eigenvalue weighted by Gasteiger charge is -2.04. The smallest absolute Gasteiger partial charge is 0.277 e. The van der Waals surface area contributed by atoms with Crippen LogP contribution in [0.1, 0.15) is 23.0 Å². The Morgan fingerprint density at radius 3 is 2.46 bits per heavy atom. The van der Waals surface area contributed by atoms with Gasteiger partial charge in [0.1, 0.15) is 5.75 Å². The first kappa shape index (κ1) is 15.8. The van der Waals surface area contributed by atoms with Gasteiger partial charge in [0, 0.05) is 17.3 Å². The summed E-state index contributed by atoms with van der Waals surface area (Å²) < 4.78 is 10.4. The summed E-state index contributed by atoms with van der Waals surface area (Å²) in [6.07, 6.45) is 0.978. The molecule has 0 aliphatic carbocycles. The topological polar surface area (TPSA) is 64.4 Å². The molecule has 1 N–H and O–H groups in total. The highest BCUT2D eigenvalue weighted by Crippen LogP contribution is 2.22. The van der Waals surface area contributed by atoms with Crippen LogP contribution in [0.2, 0.25) is 0 Å². The van der Waals surface area contributed by atoms with Crippen LogP contribution < -0.4 is 10.1 Å². The van der Waals surface area contributed by atoms with E-state index in [-0.39, 0.29) is 11.6 Å². The molecule has 122 valence electrons. The summed E-state index contributed by atoms with van der Waals surface area (Å²) in [6, 6.07) is 16.7. The number of nitrogens with one attached hydrogen (secondary N) is 1. The summed E-state index contributed by atoms with van der Waals surface area (Å²) in [5, 5.41) is 6.63. The number of hydrogen-bond donors (Lipinski definition) is 1. The van der Waals surface area contributed by atoms with Crippen LogP contribution in [0.4, 0.5) is 5.69 Å². The zero-order chi connectivity index (χ0) is 16.9. The van der Waals surface area contributed by atoms with Crippen LogP contribution >= 0.6 is 0 Å². The van der Waals surface area contributed by atoms with Gasteiger partial charge in [-0.15, -0.1) is 0 Å². The second kappa shape index (κ2) is 7.00. The van der Waals surface area contributed by atoms with Crippen LogP contribution in [0.15, 0.2) is 59.1 Å². The highest BCUT2D eigenvalue weighted by molar-refractivity contribution is 6.03. The Bertz CT molecular complexity index is 821. The third kappa shape index (κ3) is 3.46. The Labute approximate surface area is 140 Å². The van der Waals surface area contributed by atoms with Gasteiger partial charge in [-0.3, -0.25) is 4.79 Å². The molecular formula is C19H18N2O3. The van der Waals surface area contributed by atoms with Crippen LogP contribution in [-0.4, -0.2) is 18.2 Å². The minimum Gasteiger partial charge on any atom is -0.497 e. The van der Waals surface area contributed by atoms with E-state index in [9.17, 15) is 4.79 Å². The third-order valence-corrected chi connectivity index (χ3v) is 3.74. The number of rotatable bonds is 5. The molecule has 5 nitrogen and oxygen atoms in total. The van der Waals surface area contributed by atoms with Crippen molar-refractivity contribution in [3.05, 3.63) is 65.9 Å². The fourth-order valence-electron chi connectivity index (χ4n) is 2.29. The normalized spacial score (nSPS) is 10.4. The predicted molar refractivity (Wildman–Crippen MR) is 92.3 cm³/mol. The zero-order valence-corrected chi connectivity index (χ0v) is 13.6. The number of benzene rings is 2. The molecule has 0 aliphatic heterocycles. The first-order chi connectivity index (χ1) is 11.7. The van der Waals surface area contributed by atoms with Crippen molar-refractivity contribution < 1.29 is 14.1 Å². The van der Waals surface area contributed by atoms with Crippen molar-refractivity contribution in [2.75, 3.05) is 12.4 Å². The second-order valence-corrected chi connectivity index (χ2v) is 5.31. The quantitative estimate of drug-likeness (QED) is 0.766. The van der Waals surface area contributed by atoms with Crippen molar-refractivity contribution in [2.45, 2.75) is 13.3 Å². The fourth-order valence-corrected chi connectivity index (χ4v) is 2.29. The number of carbonyl (C=O) groups is 1. The van der Waals surface area contributed by atoms with Crippen LogP contribution in [-0.2, 0) is 6.42 Å². The second-order valence-electron chi connectivity index (χ2n) is 5.31. The minimum atomic E-state index is -0.319. The van der Waals surface area contributed by atoms with Crippen LogP contribution in [0.5, 0.6) is 5.75 Å². The number of aromatic nitrogens is 1. The molecule has 24 heavy (non-hydrogen) atoms. The number of carbonyl (C=O) groups excluding carboxylic acids is 1. The molecule has 0 unspecified atom stereocenters. The number of methoxy groups -OCH3 is 1. The molecule has 0 saturated carbocycles. The van der Waals surface area contributed by atoms with Gasteiger partial charge in [0.25, 0.3) is 5.91 Å². The van der Waals surface area contributed by atoms with Crippen molar-refractivity contribution in [1.82, 2.24) is 5.16 Å². The van der Waals surface area contributed by atoms with E-state index in [1.54, 1.807) is 37.4 Å². The Morgan fingerprint density at radius 1 is 1.12 bits per heavy atom. The van der Waals surface area contributed by atoms with Gasteiger partial charge in [-0.1, -0.05) is 36.3 Å². The summed E-state index contributed by atoms with van der Waals surface area (Å²) in [5.41, 5.74) is 3.04. The SMILES string of the molecule is CCc1ccc(-c2cc(C(=O)Nc3ccc(OC)cc3)no2)cc1. The Hall–Kier alpha value is -3.08. The average molecular weight is 322 g/mol. The van der Waals surface area contributed by atoms with Gasteiger partial charge in [0.05, 0.1) is 7.11 Å². The highest BCUT2D eigenvalue weighted by Gasteiger charge is 2.14. The van der Waals surface area contributed by atoms with E-state index < -0.39 is 0 Å². The molecule has 3 aromatic rings. The number of hydrogen-bond acceptors (Lipinski definition) is 4. The largest absolute Gasteiger partial charge is 0.497 e. The first-order valence-corrected chi connectivity index (χ1v) is 7.71. The molecule has 2 aromatic carbocycles. The van der Waals surface area contributed by atoms with Crippen LogP contribution in [0, 0.1) is 0 Å². The third-order valence-electron chi connectivity index (χ3n) is 3.74. The summed E-state index contributed by atoms with van der Waals surface area (Å²) in [7, 11) is 1.59. The molecule has 0 bridgehead atoms. The van der Waals surface area contributed by atoms with E-state index in [0.29, 0.717) is 11.4 Å². The molecule has 1 aromatic heterocycles. The van der Waals surface area contributed by atoms with E-state index in [2.05, 4.69) is 17.4 Å². The summed E-state index contributed by atoms with van der Waals surface area (Å²) in [5.74, 6) is 0.977. The minimum absolute atomic E-state index is 0.236. The van der Waals surface area contributed by atoms with Gasteiger partial charge in [-0.05, 0) is 36.2 Å². The lowest BCUT2D eigenvalue weighted by Crippen LogP contribution is -2.11. The number of amides is 1. The van der Waals surface area contributed by atoms with Crippen molar-refractivity contribution in [3.8, 4) is 17.1 Å². The molecule has 0 saturated heterocycles. The number of aryl methyl sites for hydroxylation is 1. The van der Waals surface area contributed by atoms with E-state index >= 15 is 0 Å². The molecule has 0 aliphatic rings. The molecule has 3 rings (SSSR count). The van der Waals surface area contributed by atoms with Gasteiger partial charge in [-0.25, -0.2) is 0 Å². The van der Waals surface area contributed by atoms with Crippen LogP contribution in [0.3, 0.4) is 0 Å². The monoisotopic (exact) mass is 322 g/mol. The fraction of sp³-hybridized carbons (Fsp3) is 0.158. The van der Waals surface area contributed by atoms with Gasteiger partial charge in [0.15, 0.2) is 11.5 Å². The van der Waals surface area contributed by atoms with Crippen molar-refractivity contribution in [1.29, 1.82) is 0 Å². The summed E-state index contributed by atoms with van der Waals surface area (Å²) in [6.45, 7) is 2.10. The summed E-state index contributed by atoms with van der Waals surface area (Å²) in [4.78, 5) is 12.2. The predicted octanol–water partition coefficient (Wildman–Crippen LogP) is 4.16. The maximum Gasteiger partial charge on any atom is 0.277 e. The molecule has 0 radical (unpaired) electrons. The number of ether oxygens (including phenoxy) is 1. The van der Waals surface area contributed by atoms with Crippen LogP contribution in [0.25, 0.3) is 11.3 Å². The number of anilines is 1. The number of nitrogens with zero attached hydrogens (tertiary/aromatic N) is 1. The van der Waals surface area contributed by atoms with Gasteiger partial charge in [0.2, 0.25) is 0 Å². The molecule has 1 amide bonds. The van der Waals surface area contributed by atoms with Gasteiger partial charge in [-0.2, -0.15) is 0 Å². The molecule has 5 heteroatoms. The first-order valence-electron chi connectivity index (χ1n) is 7.71. The van der Waals surface area contributed by atoms with E-state index in [4.69, 9.17) is 9.26 Å². The standard InChI is InChI=1S/C19H18N2O3/c1-3-13-4-6-14(7-5-13)18-12-17(21-24-18)19(22)20-15-8-10-16(23-2)11-9-15/h4-12H,3H2,1-2H3,(H,20,22). The highest BCUT2D eigenvalue weighted by atomic mass is 16.5. The lowest BCUT2D eigenvalue weighted by atomic mass is 10.1. The van der Waals surface area contributed by atoms with E-state index in [1.165, 1.54) is 5.56 Å². The maximum atomic E-state index is 12.2. The summed E-state index contributed by atoms with van der Waals surface area (Å²) >= 11 is 0. The van der Waals surface area contributed by atoms with Crippen molar-refractivity contribution in [3.63, 3.8) is 0 Å². The van der Waals surface area contributed by atoms with E-state index in [0.717, 1.165) is 17.7 Å². The van der Waals surface area contributed by atoms with E-state index in [1.807, 2.05) is 24.3 Å². The Balaban J connectivity index is 1.72. The van der Waals surface area contributed by atoms with Crippen molar-refractivity contribution in [2.24, 2.45) is 0 Å². The Morgan fingerprint density at radius 2 is 1.83 bits per heavy atom. The maximum absolute atomic E-state index is 12.2. The molecule has 0 spiro atoms. The van der Waals surface area contributed by atoms with Gasteiger partial charge < -0.3 is 14.6 Å². The average Bonchev–Trinajstić information content (AvgIpc) is 3.13.